The Morgan fingerprint density at radius 1 is 1.06 bits per heavy atom. The Morgan fingerprint density at radius 2 is 1.67 bits per heavy atom. The highest BCUT2D eigenvalue weighted by atomic mass is 16.4. The van der Waals surface area contributed by atoms with Gasteiger partial charge < -0.3 is 5.11 Å². The molecule has 2 unspecified atom stereocenters. The smallest absolute Gasteiger partial charge is 0.307 e. The van der Waals surface area contributed by atoms with Crippen molar-refractivity contribution in [3.8, 4) is 0 Å². The van der Waals surface area contributed by atoms with E-state index in [4.69, 9.17) is 5.11 Å². The van der Waals surface area contributed by atoms with E-state index in [1.807, 2.05) is 17.2 Å². The van der Waals surface area contributed by atoms with Crippen LogP contribution < -0.4 is 5.43 Å². The molecule has 2 N–H and O–H groups in total. The van der Waals surface area contributed by atoms with Gasteiger partial charge in [0.2, 0.25) is 5.91 Å². The van der Waals surface area contributed by atoms with Crippen LogP contribution in [0.3, 0.4) is 0 Å². The van der Waals surface area contributed by atoms with Crippen LogP contribution in [0.2, 0.25) is 0 Å². The molecule has 0 aromatic heterocycles. The number of carboxylic acid groups (broad SMARTS) is 1. The second-order valence-electron chi connectivity index (χ2n) is 5.02. The number of carbonyl (C=O) groups is 2. The number of nitrogens with zero attached hydrogens (tertiary/aromatic N) is 1. The highest BCUT2D eigenvalue weighted by Gasteiger charge is 2.34. The van der Waals surface area contributed by atoms with E-state index in [-0.39, 0.29) is 5.91 Å². The van der Waals surface area contributed by atoms with Crippen molar-refractivity contribution in [3.63, 3.8) is 0 Å². The zero-order valence-corrected chi connectivity index (χ0v) is 10.5. The molecule has 1 heterocycles. The quantitative estimate of drug-likeness (QED) is 0.740. The number of hydrazine groups is 1. The molecule has 1 aliphatic heterocycles. The first kappa shape index (κ1) is 13.1. The van der Waals surface area contributed by atoms with Crippen molar-refractivity contribution in [3.05, 3.63) is 12.2 Å². The first-order chi connectivity index (χ1) is 8.68. The Morgan fingerprint density at radius 3 is 2.28 bits per heavy atom. The van der Waals surface area contributed by atoms with Crippen molar-refractivity contribution < 1.29 is 14.7 Å². The van der Waals surface area contributed by atoms with Gasteiger partial charge in [0, 0.05) is 13.1 Å². The molecular formula is C13H20N2O3. The normalized spacial score (nSPS) is 28.9. The molecule has 1 fully saturated rings. The van der Waals surface area contributed by atoms with Gasteiger partial charge in [-0.2, -0.15) is 0 Å². The maximum Gasteiger partial charge on any atom is 0.307 e. The summed E-state index contributed by atoms with van der Waals surface area (Å²) in [5.41, 5.74) is 2.87. The van der Waals surface area contributed by atoms with Crippen LogP contribution in [-0.4, -0.2) is 35.1 Å². The molecule has 5 nitrogen and oxygen atoms in total. The number of allylic oxidation sites excluding steroid dienone is 2. The third-order valence-electron chi connectivity index (χ3n) is 3.71. The van der Waals surface area contributed by atoms with Gasteiger partial charge in [-0.3, -0.25) is 15.0 Å². The van der Waals surface area contributed by atoms with Crippen molar-refractivity contribution in [1.82, 2.24) is 10.4 Å². The van der Waals surface area contributed by atoms with Gasteiger partial charge in [0.05, 0.1) is 11.8 Å². The van der Waals surface area contributed by atoms with Crippen LogP contribution in [0.5, 0.6) is 0 Å². The molecule has 2 rings (SSSR count). The Labute approximate surface area is 107 Å². The summed E-state index contributed by atoms with van der Waals surface area (Å²) < 4.78 is 0. The van der Waals surface area contributed by atoms with Crippen LogP contribution in [0.15, 0.2) is 12.2 Å². The van der Waals surface area contributed by atoms with Crippen molar-refractivity contribution in [2.45, 2.75) is 32.1 Å². The van der Waals surface area contributed by atoms with E-state index in [9.17, 15) is 9.59 Å². The monoisotopic (exact) mass is 252 g/mol. The maximum atomic E-state index is 12.1. The van der Waals surface area contributed by atoms with Gasteiger partial charge in [-0.25, -0.2) is 5.01 Å². The fourth-order valence-corrected chi connectivity index (χ4v) is 2.62. The van der Waals surface area contributed by atoms with Crippen molar-refractivity contribution in [2.24, 2.45) is 11.8 Å². The third-order valence-corrected chi connectivity index (χ3v) is 3.71. The molecule has 5 heteroatoms. The molecule has 1 amide bonds. The van der Waals surface area contributed by atoms with E-state index in [0.717, 1.165) is 25.9 Å². The highest BCUT2D eigenvalue weighted by Crippen LogP contribution is 2.26. The van der Waals surface area contributed by atoms with Gasteiger partial charge in [-0.05, 0) is 25.7 Å². The molecule has 1 aliphatic carbocycles. The van der Waals surface area contributed by atoms with Gasteiger partial charge in [0.15, 0.2) is 0 Å². The highest BCUT2D eigenvalue weighted by molar-refractivity contribution is 5.85. The second-order valence-corrected chi connectivity index (χ2v) is 5.02. The largest absolute Gasteiger partial charge is 0.481 e. The van der Waals surface area contributed by atoms with Gasteiger partial charge in [0.1, 0.15) is 0 Å². The average Bonchev–Trinajstić information content (AvgIpc) is 2.40. The first-order valence-corrected chi connectivity index (χ1v) is 6.61. The summed E-state index contributed by atoms with van der Waals surface area (Å²) in [7, 11) is 0. The molecule has 100 valence electrons. The Hall–Kier alpha value is -1.36. The van der Waals surface area contributed by atoms with Crippen molar-refractivity contribution >= 4 is 11.9 Å². The summed E-state index contributed by atoms with van der Waals surface area (Å²) in [6.45, 7) is 1.73. The third kappa shape index (κ3) is 3.10. The number of aliphatic carboxylic acids is 1. The van der Waals surface area contributed by atoms with Crippen molar-refractivity contribution in [1.29, 1.82) is 0 Å². The van der Waals surface area contributed by atoms with E-state index in [1.165, 1.54) is 6.42 Å². The predicted molar refractivity (Wildman–Crippen MR) is 66.6 cm³/mol. The summed E-state index contributed by atoms with van der Waals surface area (Å²) in [6, 6.07) is 0. The Bertz CT molecular complexity index is 348. The lowest BCUT2D eigenvalue weighted by molar-refractivity contribution is -0.148. The van der Waals surface area contributed by atoms with E-state index in [2.05, 4.69) is 5.43 Å². The molecule has 1 saturated heterocycles. The molecular weight excluding hydrogens is 232 g/mol. The van der Waals surface area contributed by atoms with E-state index < -0.39 is 17.8 Å². The molecule has 0 aromatic carbocycles. The van der Waals surface area contributed by atoms with E-state index in [1.54, 1.807) is 0 Å². The number of carbonyl (C=O) groups excluding carboxylic acids is 1. The number of hydrogen-bond donors (Lipinski definition) is 2. The molecule has 0 bridgehead atoms. The minimum absolute atomic E-state index is 0.145. The fraction of sp³-hybridized carbons (Fsp3) is 0.692. The SMILES string of the molecule is O=C(O)C1CC=CCC1C(=O)NN1CCCCC1. The average molecular weight is 252 g/mol. The summed E-state index contributed by atoms with van der Waals surface area (Å²) in [5.74, 6) is -2.04. The van der Waals surface area contributed by atoms with Crippen molar-refractivity contribution in [2.75, 3.05) is 13.1 Å². The summed E-state index contributed by atoms with van der Waals surface area (Å²) in [4.78, 5) is 23.3. The zero-order valence-electron chi connectivity index (χ0n) is 10.5. The first-order valence-electron chi connectivity index (χ1n) is 6.61. The molecule has 2 aliphatic rings. The molecule has 0 spiro atoms. The number of hydrogen-bond acceptors (Lipinski definition) is 3. The summed E-state index contributed by atoms with van der Waals surface area (Å²) in [6.07, 6.45) is 8.12. The zero-order chi connectivity index (χ0) is 13.0. The molecule has 0 aromatic rings. The van der Waals surface area contributed by atoms with Crippen LogP contribution >= 0.6 is 0 Å². The minimum Gasteiger partial charge on any atom is -0.481 e. The topological polar surface area (TPSA) is 69.6 Å². The number of nitrogens with one attached hydrogen (secondary N) is 1. The van der Waals surface area contributed by atoms with Crippen LogP contribution in [0.4, 0.5) is 0 Å². The van der Waals surface area contributed by atoms with Gasteiger partial charge in [0.25, 0.3) is 0 Å². The molecule has 0 saturated carbocycles. The molecule has 18 heavy (non-hydrogen) atoms. The lowest BCUT2D eigenvalue weighted by Gasteiger charge is -2.31. The van der Waals surface area contributed by atoms with Crippen LogP contribution in [0.1, 0.15) is 32.1 Å². The molecule has 0 radical (unpaired) electrons. The second kappa shape index (κ2) is 6.00. The fourth-order valence-electron chi connectivity index (χ4n) is 2.62. The van der Waals surface area contributed by atoms with E-state index in [0.29, 0.717) is 12.8 Å². The lowest BCUT2D eigenvalue weighted by atomic mass is 9.82. The summed E-state index contributed by atoms with van der Waals surface area (Å²) >= 11 is 0. The Balaban J connectivity index is 1.93. The number of piperidine rings is 1. The Kier molecular flexibility index (Phi) is 4.36. The standard InChI is InChI=1S/C13H20N2O3/c16-12(14-15-8-4-1-5-9-15)10-6-2-3-7-11(10)13(17)18/h2-3,10-11H,1,4-9H2,(H,14,16)(H,17,18). The van der Waals surface area contributed by atoms with Crippen LogP contribution in [0.25, 0.3) is 0 Å². The van der Waals surface area contributed by atoms with Crippen LogP contribution in [-0.2, 0) is 9.59 Å². The maximum absolute atomic E-state index is 12.1. The number of rotatable bonds is 3. The van der Waals surface area contributed by atoms with Gasteiger partial charge in [-0.1, -0.05) is 18.6 Å². The minimum atomic E-state index is -0.877. The van der Waals surface area contributed by atoms with Gasteiger partial charge in [-0.15, -0.1) is 0 Å². The summed E-state index contributed by atoms with van der Waals surface area (Å²) in [5, 5.41) is 11.1. The number of amides is 1. The van der Waals surface area contributed by atoms with Crippen LogP contribution in [0, 0.1) is 11.8 Å². The molecule has 2 atom stereocenters. The number of carboxylic acids is 1. The predicted octanol–water partition coefficient (Wildman–Crippen LogP) is 1.17. The lowest BCUT2D eigenvalue weighted by Crippen LogP contribution is -2.49. The van der Waals surface area contributed by atoms with Gasteiger partial charge >= 0.3 is 5.97 Å². The van der Waals surface area contributed by atoms with E-state index >= 15 is 0 Å².